The molecule has 0 amide bonds. The van der Waals surface area contributed by atoms with E-state index < -0.39 is 0 Å². The maximum Gasteiger partial charge on any atom is 3.00 e. The molecule has 5 aliphatic carbocycles. The molecule has 0 aromatic rings. The molecule has 0 N–H and O–H groups in total. The normalized spacial score (nSPS) is 53.5. The molecule has 32 heavy (non-hydrogen) atoms. The molecule has 0 aliphatic heterocycles. The molecule has 0 spiro atoms. The quantitative estimate of drug-likeness (QED) is 0.348. The molecule has 2 fully saturated rings. The molecule has 5 rings (SSSR count). The van der Waals surface area contributed by atoms with Gasteiger partial charge in [0, 0.05) is 10.8 Å². The first-order chi connectivity index (χ1) is 13.4. The Morgan fingerprint density at radius 3 is 1.62 bits per heavy atom. The summed E-state index contributed by atoms with van der Waals surface area (Å²) < 4.78 is 0. The smallest absolute Gasteiger partial charge is 1.00 e. The van der Waals surface area contributed by atoms with Crippen molar-refractivity contribution in [3.05, 3.63) is 78.8 Å². The van der Waals surface area contributed by atoms with Gasteiger partial charge < -0.3 is 31.2 Å². The van der Waals surface area contributed by atoms with Gasteiger partial charge in [-0.2, -0.15) is 0 Å². The fourth-order valence-electron chi connectivity index (χ4n) is 9.24. The zero-order chi connectivity index (χ0) is 21.1. The summed E-state index contributed by atoms with van der Waals surface area (Å²) in [5.74, 6) is 0.460. The zero-order valence-electron chi connectivity index (χ0n) is 20.8. The predicted octanol–water partition coefficient (Wildman–Crippen LogP) is 1.65. The number of fused-ring (bicyclic) bond motifs is 8. The molecule has 0 heterocycles. The Balaban J connectivity index is 0.00000121. The van der Waals surface area contributed by atoms with Gasteiger partial charge in [-0.1, -0.05) is 115 Å². The van der Waals surface area contributed by atoms with Crippen molar-refractivity contribution in [1.29, 1.82) is 0 Å². The van der Waals surface area contributed by atoms with Crippen LogP contribution in [0.4, 0.5) is 0 Å². The summed E-state index contributed by atoms with van der Waals surface area (Å²) in [4.78, 5) is 0. The van der Waals surface area contributed by atoms with Crippen LogP contribution in [0, 0.1) is 50.2 Å². The van der Waals surface area contributed by atoms with Gasteiger partial charge in [-0.3, -0.25) is 0 Å². The van der Waals surface area contributed by atoms with E-state index in [-0.39, 0.29) is 84.4 Å². The van der Waals surface area contributed by atoms with E-state index in [2.05, 4.69) is 129 Å². The fraction of sp³-hybridized carbons (Fsp3) is 0.552. The van der Waals surface area contributed by atoms with Gasteiger partial charge in [0.25, 0.3) is 0 Å². The van der Waals surface area contributed by atoms with Crippen LogP contribution in [0.5, 0.6) is 0 Å². The van der Waals surface area contributed by atoms with Gasteiger partial charge in [-0.05, 0) is 28.6 Å². The monoisotopic (exact) mass is 503 g/mol. The standard InChI is InChI=1S/C29H37.2ClH.Ti/c1-21-14-13-15-22-20-27(6)25(4)18-10-9-16-23(25,2)24(3)17-11-12-19-26(24,5)29(27,8)28(21,22)7;;;/h9-20,22H,1-8H3;2*1H;/q-1;;;+3/p-2. The van der Waals surface area contributed by atoms with Crippen LogP contribution < -0.4 is 24.8 Å². The topological polar surface area (TPSA) is 0 Å². The summed E-state index contributed by atoms with van der Waals surface area (Å²) in [6, 6.07) is 0. The van der Waals surface area contributed by atoms with Crippen molar-refractivity contribution in [1.82, 2.24) is 0 Å². The zero-order valence-corrected chi connectivity index (χ0v) is 23.8. The first kappa shape index (κ1) is 28.0. The molecule has 0 saturated heterocycles. The molecule has 8 atom stereocenters. The van der Waals surface area contributed by atoms with Gasteiger partial charge >= 0.3 is 21.7 Å². The van der Waals surface area contributed by atoms with Gasteiger partial charge in [-0.25, -0.2) is 0 Å². The minimum absolute atomic E-state index is 0. The molecule has 171 valence electrons. The molecule has 0 aromatic carbocycles. The summed E-state index contributed by atoms with van der Waals surface area (Å²) >= 11 is 0. The van der Waals surface area contributed by atoms with Crippen molar-refractivity contribution in [2.24, 2.45) is 43.8 Å². The third kappa shape index (κ3) is 2.28. The third-order valence-electron chi connectivity index (χ3n) is 12.0. The molecule has 8 unspecified atom stereocenters. The number of rotatable bonds is 0. The van der Waals surface area contributed by atoms with E-state index in [1.54, 1.807) is 0 Å². The minimum Gasteiger partial charge on any atom is -1.00 e. The van der Waals surface area contributed by atoms with E-state index in [1.807, 2.05) is 0 Å². The second kappa shape index (κ2) is 7.62. The number of halogens is 2. The molecule has 0 aromatic heterocycles. The van der Waals surface area contributed by atoms with Crippen LogP contribution >= 0.6 is 0 Å². The summed E-state index contributed by atoms with van der Waals surface area (Å²) in [5.41, 5.74) is 1.73. The van der Waals surface area contributed by atoms with E-state index >= 15 is 0 Å². The summed E-state index contributed by atoms with van der Waals surface area (Å²) in [6.45, 7) is 20.3. The van der Waals surface area contributed by atoms with Crippen molar-refractivity contribution in [2.75, 3.05) is 0 Å². The summed E-state index contributed by atoms with van der Waals surface area (Å²) in [6.07, 6.45) is 29.3. The van der Waals surface area contributed by atoms with Crippen molar-refractivity contribution in [2.45, 2.75) is 55.4 Å². The number of allylic oxidation sites excluding steroid dienone is 12. The van der Waals surface area contributed by atoms with E-state index in [0.717, 1.165) is 0 Å². The van der Waals surface area contributed by atoms with E-state index in [1.165, 1.54) is 5.57 Å². The summed E-state index contributed by atoms with van der Waals surface area (Å²) in [7, 11) is 0. The van der Waals surface area contributed by atoms with Crippen LogP contribution in [0.1, 0.15) is 55.4 Å². The Bertz CT molecular complexity index is 987. The second-order valence-corrected chi connectivity index (χ2v) is 11.7. The summed E-state index contributed by atoms with van der Waals surface area (Å²) in [5, 5.41) is 0. The molecular weight excluding hydrogens is 467 g/mol. The van der Waals surface area contributed by atoms with E-state index in [9.17, 15) is 0 Å². The molecule has 2 saturated carbocycles. The first-order valence-corrected chi connectivity index (χ1v) is 11.4. The Labute approximate surface area is 223 Å². The fourth-order valence-corrected chi connectivity index (χ4v) is 9.24. The Morgan fingerprint density at radius 2 is 1.09 bits per heavy atom. The van der Waals surface area contributed by atoms with Gasteiger partial charge in [-0.15, -0.1) is 17.4 Å². The van der Waals surface area contributed by atoms with Gasteiger partial charge in [0.1, 0.15) is 0 Å². The SMILES string of the molecule is CC1=CC=CC2[CH-]C3(C)C4(C)C=CC=CC4(C)C4(C)C=CC=CC4(C)C3(C)C12C.[Cl-].[Cl-].[Ti+3]. The third-order valence-corrected chi connectivity index (χ3v) is 12.0. The average molecular weight is 504 g/mol. The van der Waals surface area contributed by atoms with Gasteiger partial charge in [0.2, 0.25) is 0 Å². The molecular formula is C29H37Cl2Ti. The number of hydrogen-bond donors (Lipinski definition) is 0. The maximum atomic E-state index is 2.75. The predicted molar refractivity (Wildman–Crippen MR) is 124 cm³/mol. The largest absolute Gasteiger partial charge is 3.00 e. The average Bonchev–Trinajstić information content (AvgIpc) is 2.87. The molecule has 1 radical (unpaired) electrons. The Morgan fingerprint density at radius 1 is 0.656 bits per heavy atom. The van der Waals surface area contributed by atoms with Crippen LogP contribution in [0.3, 0.4) is 0 Å². The van der Waals surface area contributed by atoms with Crippen LogP contribution in [0.2, 0.25) is 0 Å². The van der Waals surface area contributed by atoms with Crippen LogP contribution in [0.25, 0.3) is 0 Å². The van der Waals surface area contributed by atoms with Crippen molar-refractivity contribution in [3.8, 4) is 0 Å². The number of hydrogen-bond acceptors (Lipinski definition) is 0. The maximum absolute atomic E-state index is 2.75. The molecule has 5 aliphatic rings. The molecule has 3 heteroatoms. The van der Waals surface area contributed by atoms with Crippen LogP contribution in [-0.2, 0) is 21.7 Å². The Hall–Kier alpha value is -0.266. The first-order valence-electron chi connectivity index (χ1n) is 11.4. The molecule has 0 bridgehead atoms. The van der Waals surface area contributed by atoms with Crippen LogP contribution in [0.15, 0.2) is 72.4 Å². The Kier molecular flexibility index (Phi) is 6.66. The molecule has 0 nitrogen and oxygen atoms in total. The van der Waals surface area contributed by atoms with Crippen molar-refractivity contribution in [3.63, 3.8) is 0 Å². The van der Waals surface area contributed by atoms with Crippen molar-refractivity contribution < 1.29 is 46.5 Å². The van der Waals surface area contributed by atoms with Crippen LogP contribution in [-0.4, -0.2) is 0 Å². The second-order valence-electron chi connectivity index (χ2n) is 11.7. The van der Waals surface area contributed by atoms with E-state index in [0.29, 0.717) is 5.92 Å². The van der Waals surface area contributed by atoms with Gasteiger partial charge in [0.05, 0.1) is 0 Å². The van der Waals surface area contributed by atoms with E-state index in [4.69, 9.17) is 0 Å². The van der Waals surface area contributed by atoms with Crippen molar-refractivity contribution >= 4 is 0 Å². The van der Waals surface area contributed by atoms with Gasteiger partial charge in [0.15, 0.2) is 0 Å². The minimum atomic E-state index is 0.